The fraction of sp³-hybridized carbons (Fsp3) is 0.111. The summed E-state index contributed by atoms with van der Waals surface area (Å²) in [5, 5.41) is 0.960. The van der Waals surface area contributed by atoms with Crippen LogP contribution in [0.4, 0.5) is 0 Å². The first-order valence-electron chi connectivity index (χ1n) is 4.17. The minimum absolute atomic E-state index is 0.293. The third kappa shape index (κ3) is 1.97. The first-order chi connectivity index (χ1) is 7.08. The van der Waals surface area contributed by atoms with Crippen LogP contribution in [0.2, 0.25) is 0 Å². The molecule has 6 heteroatoms. The zero-order valence-electron chi connectivity index (χ0n) is 7.89. The van der Waals surface area contributed by atoms with Gasteiger partial charge >= 0.3 is 0 Å². The maximum absolute atomic E-state index is 11.5. The number of thioether (sulfide) groups is 1. The van der Waals surface area contributed by atoms with Crippen molar-refractivity contribution in [2.45, 2.75) is 6.92 Å². The topological polar surface area (TPSA) is 59.5 Å². The molecule has 1 amide bonds. The highest BCUT2D eigenvalue weighted by molar-refractivity contribution is 8.26. The fourth-order valence-corrected chi connectivity index (χ4v) is 2.22. The summed E-state index contributed by atoms with van der Waals surface area (Å²) in [4.78, 5) is 12.0. The Morgan fingerprint density at radius 3 is 2.80 bits per heavy atom. The molecule has 1 saturated heterocycles. The molecule has 15 heavy (non-hydrogen) atoms. The molecule has 1 fully saturated rings. The molecule has 2 heterocycles. The molecule has 0 radical (unpaired) electrons. The number of hydrogen-bond donors (Lipinski definition) is 1. The Morgan fingerprint density at radius 1 is 1.60 bits per heavy atom. The van der Waals surface area contributed by atoms with Crippen LogP contribution in [0.5, 0.6) is 0 Å². The van der Waals surface area contributed by atoms with Gasteiger partial charge in [-0.25, -0.2) is 10.9 Å². The summed E-state index contributed by atoms with van der Waals surface area (Å²) < 4.78 is 5.68. The van der Waals surface area contributed by atoms with Crippen molar-refractivity contribution in [3.05, 3.63) is 28.6 Å². The van der Waals surface area contributed by atoms with Gasteiger partial charge in [0.2, 0.25) is 0 Å². The summed E-state index contributed by atoms with van der Waals surface area (Å²) in [6.45, 7) is 1.84. The van der Waals surface area contributed by atoms with Gasteiger partial charge in [-0.1, -0.05) is 24.0 Å². The van der Waals surface area contributed by atoms with Crippen molar-refractivity contribution in [2.24, 2.45) is 5.84 Å². The summed E-state index contributed by atoms with van der Waals surface area (Å²) in [5.74, 6) is 6.55. The predicted octanol–water partition coefficient (Wildman–Crippen LogP) is 1.66. The normalized spacial score (nSPS) is 19.3. The van der Waals surface area contributed by atoms with E-state index < -0.39 is 0 Å². The van der Waals surface area contributed by atoms with Crippen LogP contribution in [0, 0.1) is 6.92 Å². The molecule has 0 unspecified atom stereocenters. The van der Waals surface area contributed by atoms with Crippen molar-refractivity contribution in [1.82, 2.24) is 5.01 Å². The van der Waals surface area contributed by atoms with Gasteiger partial charge in [0, 0.05) is 6.08 Å². The molecule has 0 saturated carbocycles. The number of rotatable bonds is 1. The van der Waals surface area contributed by atoms with Crippen LogP contribution < -0.4 is 5.84 Å². The Hall–Kier alpha value is -1.11. The molecule has 0 aliphatic carbocycles. The highest BCUT2D eigenvalue weighted by atomic mass is 32.2. The van der Waals surface area contributed by atoms with E-state index in [0.29, 0.717) is 15.0 Å². The number of thiocarbonyl (C=S) groups is 1. The number of carbonyl (C=O) groups excluding carboxylic acids is 1. The molecule has 0 bridgehead atoms. The number of furan rings is 1. The van der Waals surface area contributed by atoms with E-state index in [4.69, 9.17) is 22.5 Å². The zero-order valence-corrected chi connectivity index (χ0v) is 9.52. The summed E-state index contributed by atoms with van der Waals surface area (Å²) in [6.07, 6.45) is 1.64. The minimum Gasteiger partial charge on any atom is -0.462 e. The quantitative estimate of drug-likeness (QED) is 0.350. The monoisotopic (exact) mass is 240 g/mol. The van der Waals surface area contributed by atoms with E-state index in [1.165, 1.54) is 11.8 Å². The summed E-state index contributed by atoms with van der Waals surface area (Å²) in [7, 11) is 0. The summed E-state index contributed by atoms with van der Waals surface area (Å²) in [5.41, 5.74) is 0. The highest BCUT2D eigenvalue weighted by Gasteiger charge is 2.29. The lowest BCUT2D eigenvalue weighted by molar-refractivity contribution is -0.122. The maximum atomic E-state index is 11.5. The van der Waals surface area contributed by atoms with Gasteiger partial charge in [0.15, 0.2) is 4.32 Å². The molecule has 2 rings (SSSR count). The number of amides is 1. The van der Waals surface area contributed by atoms with E-state index in [1.54, 1.807) is 12.1 Å². The average Bonchev–Trinajstić information content (AvgIpc) is 2.68. The molecular formula is C9H8N2O2S2. The Balaban J connectivity index is 2.29. The van der Waals surface area contributed by atoms with Crippen LogP contribution in [0.3, 0.4) is 0 Å². The molecule has 78 valence electrons. The van der Waals surface area contributed by atoms with Gasteiger partial charge < -0.3 is 4.42 Å². The first-order valence-corrected chi connectivity index (χ1v) is 5.39. The van der Waals surface area contributed by atoms with E-state index >= 15 is 0 Å². The van der Waals surface area contributed by atoms with Crippen LogP contribution in [-0.4, -0.2) is 15.2 Å². The van der Waals surface area contributed by atoms with Gasteiger partial charge in [-0.15, -0.1) is 0 Å². The predicted molar refractivity (Wildman–Crippen MR) is 62.6 cm³/mol. The second-order valence-corrected chi connectivity index (χ2v) is 4.68. The molecule has 1 aliphatic heterocycles. The average molecular weight is 240 g/mol. The van der Waals surface area contributed by atoms with Crippen LogP contribution in [0.15, 0.2) is 21.5 Å². The van der Waals surface area contributed by atoms with Gasteiger partial charge in [0.1, 0.15) is 11.5 Å². The Kier molecular flexibility index (Phi) is 2.64. The van der Waals surface area contributed by atoms with Crippen molar-refractivity contribution in [1.29, 1.82) is 0 Å². The van der Waals surface area contributed by atoms with E-state index in [2.05, 4.69) is 0 Å². The molecule has 1 aliphatic rings. The van der Waals surface area contributed by atoms with Crippen molar-refractivity contribution in [2.75, 3.05) is 0 Å². The zero-order chi connectivity index (χ0) is 11.0. The number of nitrogens with zero attached hydrogens (tertiary/aromatic N) is 1. The van der Waals surface area contributed by atoms with Crippen LogP contribution in [0.25, 0.3) is 6.08 Å². The van der Waals surface area contributed by atoms with E-state index in [9.17, 15) is 4.79 Å². The number of aryl methyl sites for hydroxylation is 1. The van der Waals surface area contributed by atoms with Crippen molar-refractivity contribution < 1.29 is 9.21 Å². The lowest BCUT2D eigenvalue weighted by Gasteiger charge is -2.02. The lowest BCUT2D eigenvalue weighted by Crippen LogP contribution is -2.34. The van der Waals surface area contributed by atoms with Crippen LogP contribution >= 0.6 is 24.0 Å². The Labute approximate surface area is 96.1 Å². The first kappa shape index (κ1) is 10.4. The number of hydrogen-bond acceptors (Lipinski definition) is 5. The van der Waals surface area contributed by atoms with E-state index in [1.807, 2.05) is 13.0 Å². The van der Waals surface area contributed by atoms with E-state index in [-0.39, 0.29) is 5.91 Å². The standard InChI is InChI=1S/C9H8N2O2S2/c1-5-2-3-6(13-5)4-7-8(12)11(10)9(14)15-7/h2-4H,10H2,1H3/b7-4-. The van der Waals surface area contributed by atoms with Gasteiger partial charge in [-0.2, -0.15) is 0 Å². The summed E-state index contributed by atoms with van der Waals surface area (Å²) in [6, 6.07) is 3.62. The molecule has 2 N–H and O–H groups in total. The molecule has 0 aromatic carbocycles. The maximum Gasteiger partial charge on any atom is 0.280 e. The Morgan fingerprint density at radius 2 is 2.33 bits per heavy atom. The molecule has 1 aromatic rings. The van der Waals surface area contributed by atoms with Gasteiger partial charge in [0.25, 0.3) is 5.91 Å². The minimum atomic E-state index is -0.293. The fourth-order valence-electron chi connectivity index (χ4n) is 1.14. The number of carbonyl (C=O) groups is 1. The van der Waals surface area contributed by atoms with Crippen molar-refractivity contribution in [3.8, 4) is 0 Å². The molecule has 0 spiro atoms. The second-order valence-electron chi connectivity index (χ2n) is 3.00. The van der Waals surface area contributed by atoms with Crippen LogP contribution in [-0.2, 0) is 4.79 Å². The molecule has 1 aromatic heterocycles. The lowest BCUT2D eigenvalue weighted by atomic mass is 10.4. The summed E-state index contributed by atoms with van der Waals surface area (Å²) >= 11 is 6.06. The smallest absolute Gasteiger partial charge is 0.280 e. The molecular weight excluding hydrogens is 232 g/mol. The number of hydrazine groups is 1. The van der Waals surface area contributed by atoms with Crippen molar-refractivity contribution >= 4 is 40.3 Å². The highest BCUT2D eigenvalue weighted by Crippen LogP contribution is 2.30. The second kappa shape index (κ2) is 3.80. The molecule has 0 atom stereocenters. The van der Waals surface area contributed by atoms with Gasteiger partial charge in [-0.3, -0.25) is 4.79 Å². The van der Waals surface area contributed by atoms with E-state index in [0.717, 1.165) is 10.8 Å². The molecule has 4 nitrogen and oxygen atoms in total. The van der Waals surface area contributed by atoms with Gasteiger partial charge in [0.05, 0.1) is 4.91 Å². The van der Waals surface area contributed by atoms with Gasteiger partial charge in [-0.05, 0) is 19.1 Å². The van der Waals surface area contributed by atoms with Crippen LogP contribution in [0.1, 0.15) is 11.5 Å². The van der Waals surface area contributed by atoms with Crippen molar-refractivity contribution in [3.63, 3.8) is 0 Å². The SMILES string of the molecule is Cc1ccc(/C=C2\SC(=S)N(N)C2=O)o1. The third-order valence-electron chi connectivity index (χ3n) is 1.86. The number of nitrogens with two attached hydrogens (primary N) is 1. The largest absolute Gasteiger partial charge is 0.462 e. The third-order valence-corrected chi connectivity index (χ3v) is 3.19. The Bertz CT molecular complexity index is 464.